The summed E-state index contributed by atoms with van der Waals surface area (Å²) in [6.45, 7) is 7.51. The molecule has 0 atom stereocenters. The molecule has 0 saturated carbocycles. The second kappa shape index (κ2) is 6.96. The Morgan fingerprint density at radius 1 is 1.25 bits per heavy atom. The van der Waals surface area contributed by atoms with Gasteiger partial charge in [-0.05, 0) is 26.5 Å². The second-order valence-electron chi connectivity index (χ2n) is 5.88. The van der Waals surface area contributed by atoms with Crippen molar-refractivity contribution in [3.05, 3.63) is 29.7 Å². The number of aromatic nitrogens is 4. The lowest BCUT2D eigenvalue weighted by Crippen LogP contribution is -2.45. The highest BCUT2D eigenvalue weighted by Crippen LogP contribution is 2.21. The van der Waals surface area contributed by atoms with Crippen LogP contribution in [0.15, 0.2) is 18.6 Å². The van der Waals surface area contributed by atoms with E-state index >= 15 is 0 Å². The minimum Gasteiger partial charge on any atom is -0.462 e. The molecule has 2 aromatic heterocycles. The van der Waals surface area contributed by atoms with Gasteiger partial charge in [0.25, 0.3) is 5.95 Å². The fourth-order valence-electron chi connectivity index (χ4n) is 2.61. The van der Waals surface area contributed by atoms with E-state index in [1.807, 2.05) is 13.1 Å². The smallest absolute Gasteiger partial charge is 0.343 e. The Morgan fingerprint density at radius 3 is 2.62 bits per heavy atom. The fourth-order valence-corrected chi connectivity index (χ4v) is 2.61. The van der Waals surface area contributed by atoms with Crippen LogP contribution in [0.2, 0.25) is 0 Å². The summed E-state index contributed by atoms with van der Waals surface area (Å²) in [5.41, 5.74) is 1.42. The summed E-state index contributed by atoms with van der Waals surface area (Å²) >= 11 is 0. The predicted molar refractivity (Wildman–Crippen MR) is 89.6 cm³/mol. The van der Waals surface area contributed by atoms with E-state index < -0.39 is 5.97 Å². The van der Waals surface area contributed by atoms with Gasteiger partial charge in [-0.3, -0.25) is 0 Å². The van der Waals surface area contributed by atoms with E-state index in [9.17, 15) is 4.79 Å². The zero-order chi connectivity index (χ0) is 17.1. The average molecular weight is 330 g/mol. The molecule has 1 aliphatic heterocycles. The summed E-state index contributed by atoms with van der Waals surface area (Å²) < 4.78 is 6.77. The molecule has 8 heteroatoms. The summed E-state index contributed by atoms with van der Waals surface area (Å²) in [6, 6.07) is 0. The van der Waals surface area contributed by atoms with E-state index in [2.05, 4.69) is 31.9 Å². The van der Waals surface area contributed by atoms with E-state index in [0.29, 0.717) is 23.9 Å². The van der Waals surface area contributed by atoms with Crippen LogP contribution >= 0.6 is 0 Å². The first-order valence-electron chi connectivity index (χ1n) is 8.07. The maximum atomic E-state index is 12.3. The van der Waals surface area contributed by atoms with Crippen molar-refractivity contribution in [3.63, 3.8) is 0 Å². The van der Waals surface area contributed by atoms with E-state index in [1.165, 1.54) is 6.20 Å². The third kappa shape index (κ3) is 3.38. The molecule has 2 aromatic rings. The zero-order valence-corrected chi connectivity index (χ0v) is 14.3. The highest BCUT2D eigenvalue weighted by Gasteiger charge is 2.24. The Hall–Kier alpha value is -2.48. The lowest BCUT2D eigenvalue weighted by molar-refractivity contribution is 0.0526. The molecule has 0 amide bonds. The molecule has 0 radical (unpaired) electrons. The van der Waals surface area contributed by atoms with Crippen molar-refractivity contribution in [3.8, 4) is 5.95 Å². The van der Waals surface area contributed by atoms with Crippen molar-refractivity contribution in [1.82, 2.24) is 24.6 Å². The number of piperazine rings is 1. The zero-order valence-electron chi connectivity index (χ0n) is 14.3. The molecule has 128 valence electrons. The van der Waals surface area contributed by atoms with Gasteiger partial charge in [0.05, 0.1) is 12.8 Å². The monoisotopic (exact) mass is 330 g/mol. The molecule has 3 heterocycles. The summed E-state index contributed by atoms with van der Waals surface area (Å²) in [7, 11) is 2.08. The van der Waals surface area contributed by atoms with E-state index in [4.69, 9.17) is 4.74 Å². The number of ether oxygens (including phenoxy) is 1. The Kier molecular flexibility index (Phi) is 4.75. The van der Waals surface area contributed by atoms with Gasteiger partial charge in [0, 0.05) is 38.6 Å². The number of nitrogens with zero attached hydrogens (tertiary/aromatic N) is 6. The minimum absolute atomic E-state index is 0.321. The lowest BCUT2D eigenvalue weighted by Gasteiger charge is -2.33. The van der Waals surface area contributed by atoms with Crippen LogP contribution in [-0.2, 0) is 4.74 Å². The number of carbonyl (C=O) groups excluding carboxylic acids is 1. The first kappa shape index (κ1) is 16.4. The molecular formula is C16H22N6O2. The molecule has 0 aliphatic carbocycles. The largest absolute Gasteiger partial charge is 0.462 e. The summed E-state index contributed by atoms with van der Waals surface area (Å²) in [5, 5.41) is 4.24. The number of likely N-dealkylation sites (N-methyl/N-ethyl adjacent to an activating group) is 1. The quantitative estimate of drug-likeness (QED) is 0.771. The second-order valence-corrected chi connectivity index (χ2v) is 5.88. The van der Waals surface area contributed by atoms with Crippen LogP contribution in [0.4, 0.5) is 5.82 Å². The molecule has 0 aromatic carbocycles. The number of rotatable bonds is 4. The fraction of sp³-hybridized carbons (Fsp3) is 0.500. The molecule has 24 heavy (non-hydrogen) atoms. The number of anilines is 1. The Balaban J connectivity index is 1.98. The third-order valence-corrected chi connectivity index (χ3v) is 3.97. The highest BCUT2D eigenvalue weighted by atomic mass is 16.5. The third-order valence-electron chi connectivity index (χ3n) is 3.97. The summed E-state index contributed by atoms with van der Waals surface area (Å²) in [6.07, 6.45) is 5.14. The Morgan fingerprint density at radius 2 is 2.00 bits per heavy atom. The van der Waals surface area contributed by atoms with E-state index in [1.54, 1.807) is 17.8 Å². The highest BCUT2D eigenvalue weighted by molar-refractivity contribution is 5.94. The van der Waals surface area contributed by atoms with E-state index in [0.717, 1.165) is 31.7 Å². The molecule has 0 N–H and O–H groups in total. The van der Waals surface area contributed by atoms with Gasteiger partial charge >= 0.3 is 5.97 Å². The van der Waals surface area contributed by atoms with Crippen molar-refractivity contribution in [2.45, 2.75) is 13.8 Å². The van der Waals surface area contributed by atoms with Crippen LogP contribution in [0.5, 0.6) is 0 Å². The van der Waals surface area contributed by atoms with Gasteiger partial charge in [-0.15, -0.1) is 0 Å². The van der Waals surface area contributed by atoms with Crippen LogP contribution in [0.1, 0.15) is 22.8 Å². The van der Waals surface area contributed by atoms with Gasteiger partial charge in [0.1, 0.15) is 11.4 Å². The van der Waals surface area contributed by atoms with Crippen LogP contribution in [0.25, 0.3) is 5.95 Å². The van der Waals surface area contributed by atoms with E-state index in [-0.39, 0.29) is 0 Å². The van der Waals surface area contributed by atoms with Crippen molar-refractivity contribution < 1.29 is 9.53 Å². The maximum absolute atomic E-state index is 12.3. The van der Waals surface area contributed by atoms with Gasteiger partial charge in [-0.2, -0.15) is 10.1 Å². The molecule has 0 bridgehead atoms. The molecule has 0 spiro atoms. The van der Waals surface area contributed by atoms with Gasteiger partial charge in [-0.1, -0.05) is 0 Å². The van der Waals surface area contributed by atoms with Crippen molar-refractivity contribution in [2.75, 3.05) is 44.7 Å². The summed E-state index contributed by atoms with van der Waals surface area (Å²) in [4.78, 5) is 25.5. The SMILES string of the molecule is CCOC(=O)c1cnc(-n2cc(C)cn2)nc1N1CCN(C)CC1. The number of aryl methyl sites for hydroxylation is 1. The van der Waals surface area contributed by atoms with Crippen LogP contribution < -0.4 is 4.90 Å². The van der Waals surface area contributed by atoms with Crippen molar-refractivity contribution in [1.29, 1.82) is 0 Å². The Labute approximate surface area is 141 Å². The molecule has 1 fully saturated rings. The number of hydrogen-bond acceptors (Lipinski definition) is 7. The topological polar surface area (TPSA) is 76.4 Å². The van der Waals surface area contributed by atoms with Crippen molar-refractivity contribution in [2.24, 2.45) is 0 Å². The standard InChI is InChI=1S/C16H22N6O2/c1-4-24-15(23)13-10-17-16(22-11-12(2)9-18-22)19-14(13)21-7-5-20(3)6-8-21/h9-11H,4-8H2,1-3H3. The van der Waals surface area contributed by atoms with Gasteiger partial charge in [-0.25, -0.2) is 14.5 Å². The van der Waals surface area contributed by atoms with Crippen LogP contribution in [-0.4, -0.2) is 70.5 Å². The molecule has 1 saturated heterocycles. The van der Waals surface area contributed by atoms with Gasteiger partial charge < -0.3 is 14.5 Å². The maximum Gasteiger partial charge on any atom is 0.343 e. The van der Waals surface area contributed by atoms with Crippen LogP contribution in [0, 0.1) is 6.92 Å². The first-order valence-corrected chi connectivity index (χ1v) is 8.07. The molecule has 8 nitrogen and oxygen atoms in total. The normalized spacial score (nSPS) is 15.5. The molecule has 3 rings (SSSR count). The number of esters is 1. The minimum atomic E-state index is -0.394. The van der Waals surface area contributed by atoms with Gasteiger partial charge in [0.2, 0.25) is 0 Å². The molecular weight excluding hydrogens is 308 g/mol. The predicted octanol–water partition coefficient (Wildman–Crippen LogP) is 0.899. The lowest BCUT2D eigenvalue weighted by atomic mass is 10.2. The molecule has 1 aliphatic rings. The molecule has 0 unspecified atom stereocenters. The van der Waals surface area contributed by atoms with Gasteiger partial charge in [0.15, 0.2) is 0 Å². The van der Waals surface area contributed by atoms with Crippen LogP contribution in [0.3, 0.4) is 0 Å². The number of carbonyl (C=O) groups is 1. The number of hydrogen-bond donors (Lipinski definition) is 0. The average Bonchev–Trinajstić information content (AvgIpc) is 3.02. The first-order chi connectivity index (χ1) is 11.6. The van der Waals surface area contributed by atoms with Crippen molar-refractivity contribution >= 4 is 11.8 Å². The summed E-state index contributed by atoms with van der Waals surface area (Å²) in [5.74, 6) is 0.666. The Bertz CT molecular complexity index is 721.